The summed E-state index contributed by atoms with van der Waals surface area (Å²) in [5.41, 5.74) is 0.846. The second kappa shape index (κ2) is 6.26. The third-order valence-electron chi connectivity index (χ3n) is 2.48. The number of carbonyl (C=O) groups excluding carboxylic acids is 1. The van der Waals surface area contributed by atoms with Gasteiger partial charge in [-0.1, -0.05) is 38.8 Å². The van der Waals surface area contributed by atoms with Gasteiger partial charge in [0.25, 0.3) is 0 Å². The minimum Gasteiger partial charge on any atom is -0.294 e. The van der Waals surface area contributed by atoms with Crippen LogP contribution in [-0.2, 0) is 0 Å². The molecule has 0 aliphatic rings. The quantitative estimate of drug-likeness (QED) is 0.585. The highest BCUT2D eigenvalue weighted by Gasteiger charge is 2.10. The van der Waals surface area contributed by atoms with E-state index in [0.717, 1.165) is 18.4 Å². The molecule has 0 spiro atoms. The molecule has 0 N–H and O–H groups in total. The maximum absolute atomic E-state index is 11.8. The number of Topliss-reactive ketones (excluding diaryl/α,β-unsaturated/α-hetero) is 1. The molecule has 2 heteroatoms. The molecule has 1 unspecified atom stereocenters. The summed E-state index contributed by atoms with van der Waals surface area (Å²) >= 11 is 2.25. The molecule has 0 saturated heterocycles. The predicted octanol–water partition coefficient (Wildman–Crippen LogP) is 4.30. The largest absolute Gasteiger partial charge is 0.294 e. The monoisotopic (exact) mass is 316 g/mol. The normalized spacial score (nSPS) is 12.5. The molecule has 1 nitrogen and oxygen atoms in total. The van der Waals surface area contributed by atoms with Crippen LogP contribution in [0.4, 0.5) is 0 Å². The fraction of sp³-hybridized carbons (Fsp3) is 0.462. The lowest BCUT2D eigenvalue weighted by molar-refractivity contribution is 0.0962. The molecule has 0 saturated carbocycles. The molecule has 15 heavy (non-hydrogen) atoms. The molecule has 0 bridgehead atoms. The standard InChI is InChI=1S/C13H17IO/c1-3-4-10(2)9-13(15)11-5-7-12(14)8-6-11/h5-8,10H,3-4,9H2,1-2H3. The van der Waals surface area contributed by atoms with Crippen molar-refractivity contribution < 1.29 is 4.79 Å². The summed E-state index contributed by atoms with van der Waals surface area (Å²) in [4.78, 5) is 11.8. The van der Waals surface area contributed by atoms with Crippen molar-refractivity contribution in [1.29, 1.82) is 0 Å². The molecule has 0 heterocycles. The summed E-state index contributed by atoms with van der Waals surface area (Å²) < 4.78 is 1.17. The average Bonchev–Trinajstić information content (AvgIpc) is 2.18. The van der Waals surface area contributed by atoms with E-state index >= 15 is 0 Å². The van der Waals surface area contributed by atoms with E-state index in [0.29, 0.717) is 12.3 Å². The van der Waals surface area contributed by atoms with Crippen LogP contribution in [0, 0.1) is 9.49 Å². The number of carbonyl (C=O) groups is 1. The van der Waals surface area contributed by atoms with Crippen LogP contribution in [0.3, 0.4) is 0 Å². The first-order valence-corrected chi connectivity index (χ1v) is 6.50. The molecule has 0 aromatic heterocycles. The Morgan fingerprint density at radius 2 is 1.93 bits per heavy atom. The average molecular weight is 316 g/mol. The van der Waals surface area contributed by atoms with Crippen LogP contribution < -0.4 is 0 Å². The van der Waals surface area contributed by atoms with Gasteiger partial charge in [-0.15, -0.1) is 0 Å². The van der Waals surface area contributed by atoms with Crippen LogP contribution in [0.5, 0.6) is 0 Å². The summed E-state index contributed by atoms with van der Waals surface area (Å²) in [7, 11) is 0. The van der Waals surface area contributed by atoms with Gasteiger partial charge in [-0.05, 0) is 40.6 Å². The molecule has 0 radical (unpaired) electrons. The van der Waals surface area contributed by atoms with E-state index in [1.807, 2.05) is 24.3 Å². The highest BCUT2D eigenvalue weighted by Crippen LogP contribution is 2.15. The number of hydrogen-bond donors (Lipinski definition) is 0. The second-order valence-electron chi connectivity index (χ2n) is 4.03. The van der Waals surface area contributed by atoms with Gasteiger partial charge in [0, 0.05) is 15.6 Å². The number of rotatable bonds is 5. The Balaban J connectivity index is 2.57. The Morgan fingerprint density at radius 3 is 2.47 bits per heavy atom. The lowest BCUT2D eigenvalue weighted by Crippen LogP contribution is -2.05. The first-order chi connectivity index (χ1) is 7.13. The number of benzene rings is 1. The van der Waals surface area contributed by atoms with E-state index in [1.54, 1.807) is 0 Å². The van der Waals surface area contributed by atoms with Crippen molar-refractivity contribution in [1.82, 2.24) is 0 Å². The predicted molar refractivity (Wildman–Crippen MR) is 72.2 cm³/mol. The SMILES string of the molecule is CCCC(C)CC(=O)c1ccc(I)cc1. The van der Waals surface area contributed by atoms with Crippen LogP contribution >= 0.6 is 22.6 Å². The van der Waals surface area contributed by atoms with E-state index < -0.39 is 0 Å². The fourth-order valence-electron chi connectivity index (χ4n) is 1.66. The third-order valence-corrected chi connectivity index (χ3v) is 3.20. The van der Waals surface area contributed by atoms with Gasteiger partial charge < -0.3 is 0 Å². The lowest BCUT2D eigenvalue weighted by Gasteiger charge is -2.08. The summed E-state index contributed by atoms with van der Waals surface area (Å²) in [6.07, 6.45) is 2.96. The Kier molecular flexibility index (Phi) is 5.29. The molecule has 0 fully saturated rings. The zero-order valence-corrected chi connectivity index (χ0v) is 11.5. The van der Waals surface area contributed by atoms with Crippen LogP contribution in [0.25, 0.3) is 0 Å². The molecular formula is C13H17IO. The summed E-state index contributed by atoms with van der Waals surface area (Å²) in [5.74, 6) is 0.772. The van der Waals surface area contributed by atoms with Gasteiger partial charge in [-0.25, -0.2) is 0 Å². The van der Waals surface area contributed by atoms with Gasteiger partial charge in [0.1, 0.15) is 0 Å². The van der Waals surface area contributed by atoms with Crippen molar-refractivity contribution >= 4 is 28.4 Å². The molecule has 1 aromatic rings. The maximum Gasteiger partial charge on any atom is 0.163 e. The zero-order chi connectivity index (χ0) is 11.3. The smallest absolute Gasteiger partial charge is 0.163 e. The van der Waals surface area contributed by atoms with Gasteiger partial charge in [-0.3, -0.25) is 4.79 Å². The van der Waals surface area contributed by atoms with Crippen molar-refractivity contribution in [2.75, 3.05) is 0 Å². The molecule has 0 amide bonds. The fourth-order valence-corrected chi connectivity index (χ4v) is 2.02. The maximum atomic E-state index is 11.8. The van der Waals surface area contributed by atoms with E-state index in [-0.39, 0.29) is 5.78 Å². The van der Waals surface area contributed by atoms with Crippen molar-refractivity contribution in [3.05, 3.63) is 33.4 Å². The lowest BCUT2D eigenvalue weighted by atomic mass is 9.96. The zero-order valence-electron chi connectivity index (χ0n) is 9.29. The Labute approximate surface area is 105 Å². The highest BCUT2D eigenvalue weighted by atomic mass is 127. The molecule has 1 rings (SSSR count). The third kappa shape index (κ3) is 4.33. The molecule has 82 valence electrons. The van der Waals surface area contributed by atoms with Gasteiger partial charge in [-0.2, -0.15) is 0 Å². The number of halogens is 1. The van der Waals surface area contributed by atoms with Crippen LogP contribution in [0.2, 0.25) is 0 Å². The van der Waals surface area contributed by atoms with Crippen LogP contribution in [0.15, 0.2) is 24.3 Å². The molecule has 1 atom stereocenters. The van der Waals surface area contributed by atoms with Gasteiger partial charge >= 0.3 is 0 Å². The summed E-state index contributed by atoms with van der Waals surface area (Å²) in [6.45, 7) is 4.31. The van der Waals surface area contributed by atoms with E-state index in [1.165, 1.54) is 3.57 Å². The number of ketones is 1. The first kappa shape index (κ1) is 12.7. The van der Waals surface area contributed by atoms with Crippen LogP contribution in [0.1, 0.15) is 43.5 Å². The molecular weight excluding hydrogens is 299 g/mol. The van der Waals surface area contributed by atoms with Crippen molar-refractivity contribution in [3.63, 3.8) is 0 Å². The van der Waals surface area contributed by atoms with Gasteiger partial charge in [0.2, 0.25) is 0 Å². The van der Waals surface area contributed by atoms with Crippen molar-refractivity contribution in [3.8, 4) is 0 Å². The second-order valence-corrected chi connectivity index (χ2v) is 5.27. The summed E-state index contributed by atoms with van der Waals surface area (Å²) in [6, 6.07) is 7.81. The highest BCUT2D eigenvalue weighted by molar-refractivity contribution is 14.1. The Bertz CT molecular complexity index is 316. The Morgan fingerprint density at radius 1 is 1.33 bits per heavy atom. The first-order valence-electron chi connectivity index (χ1n) is 5.42. The van der Waals surface area contributed by atoms with E-state index in [4.69, 9.17) is 0 Å². The molecule has 1 aromatic carbocycles. The van der Waals surface area contributed by atoms with E-state index in [2.05, 4.69) is 36.4 Å². The van der Waals surface area contributed by atoms with Crippen molar-refractivity contribution in [2.24, 2.45) is 5.92 Å². The van der Waals surface area contributed by atoms with Crippen molar-refractivity contribution in [2.45, 2.75) is 33.1 Å². The minimum atomic E-state index is 0.271. The molecule has 0 aliphatic carbocycles. The van der Waals surface area contributed by atoms with Gasteiger partial charge in [0.05, 0.1) is 0 Å². The van der Waals surface area contributed by atoms with E-state index in [9.17, 15) is 4.79 Å². The minimum absolute atomic E-state index is 0.271. The van der Waals surface area contributed by atoms with Crippen LogP contribution in [-0.4, -0.2) is 5.78 Å². The summed E-state index contributed by atoms with van der Waals surface area (Å²) in [5, 5.41) is 0. The molecule has 0 aliphatic heterocycles. The topological polar surface area (TPSA) is 17.1 Å². The van der Waals surface area contributed by atoms with Gasteiger partial charge in [0.15, 0.2) is 5.78 Å². The Hall–Kier alpha value is -0.380. The number of hydrogen-bond acceptors (Lipinski definition) is 1.